The van der Waals surface area contributed by atoms with Gasteiger partial charge in [-0.05, 0) is 68.3 Å². The van der Waals surface area contributed by atoms with E-state index in [1.807, 2.05) is 6.07 Å². The molecular formula is C40H58N4O4. The van der Waals surface area contributed by atoms with Gasteiger partial charge in [-0.3, -0.25) is 19.3 Å². The molecule has 48 heavy (non-hydrogen) atoms. The Bertz CT molecular complexity index is 1380. The van der Waals surface area contributed by atoms with Crippen LogP contribution in [0.1, 0.15) is 128 Å². The molecule has 6 aliphatic rings. The fourth-order valence-electron chi connectivity index (χ4n) is 10.5. The minimum absolute atomic E-state index is 0.00439. The first-order chi connectivity index (χ1) is 23.5. The summed E-state index contributed by atoms with van der Waals surface area (Å²) in [7, 11) is 0. The van der Waals surface area contributed by atoms with Crippen LogP contribution in [0.5, 0.6) is 0 Å². The summed E-state index contributed by atoms with van der Waals surface area (Å²) < 4.78 is 6.37. The van der Waals surface area contributed by atoms with Gasteiger partial charge in [-0.1, -0.05) is 82.8 Å². The number of nitrogens with one attached hydrogen (secondary N) is 2. The van der Waals surface area contributed by atoms with Crippen LogP contribution >= 0.6 is 0 Å². The summed E-state index contributed by atoms with van der Waals surface area (Å²) in [5.74, 6) is 1.35. The Labute approximate surface area is 287 Å². The standard InChI is InChI=1S/C40H58N4O4/c1-2-3-4-9-12-15-35(45)41-21-14-11-8-6-5-7-10-13-16-36(46)42-29-17-18-32-31(24-29)40-20-22-43-27-28-19-23-48-33-26-37(47)44(32)39(40)38(33)30(28)25-34(40)43/h17-19,24,30,33-34,38-39H,2-16,20-23,25-27H2,1H3,(H,41,45)(H,42,46)/t30-,33-,34-,38-,39-,40+/m0/s1. The average molecular weight is 659 g/mol. The van der Waals surface area contributed by atoms with Crippen molar-refractivity contribution < 1.29 is 19.1 Å². The van der Waals surface area contributed by atoms with Crippen molar-refractivity contribution in [3.8, 4) is 0 Å². The number of amides is 3. The summed E-state index contributed by atoms with van der Waals surface area (Å²) in [6.07, 6.45) is 21.2. The minimum atomic E-state index is -0.0771. The molecule has 8 heteroatoms. The Morgan fingerprint density at radius 1 is 0.938 bits per heavy atom. The molecule has 0 unspecified atom stereocenters. The van der Waals surface area contributed by atoms with Crippen LogP contribution < -0.4 is 15.5 Å². The predicted octanol–water partition coefficient (Wildman–Crippen LogP) is 7.02. The molecule has 4 fully saturated rings. The van der Waals surface area contributed by atoms with Crippen molar-refractivity contribution in [2.24, 2.45) is 11.8 Å². The number of hydrogen-bond acceptors (Lipinski definition) is 5. The molecule has 6 atom stereocenters. The van der Waals surface area contributed by atoms with Gasteiger partial charge < -0.3 is 20.3 Å². The van der Waals surface area contributed by atoms with E-state index in [4.69, 9.17) is 4.74 Å². The van der Waals surface area contributed by atoms with Gasteiger partial charge in [0.2, 0.25) is 17.7 Å². The molecule has 1 aromatic rings. The predicted molar refractivity (Wildman–Crippen MR) is 190 cm³/mol. The lowest BCUT2D eigenvalue weighted by Crippen LogP contribution is -2.69. The van der Waals surface area contributed by atoms with E-state index < -0.39 is 0 Å². The Morgan fingerprint density at radius 3 is 2.46 bits per heavy atom. The van der Waals surface area contributed by atoms with Crippen LogP contribution in [0.3, 0.4) is 0 Å². The van der Waals surface area contributed by atoms with Crippen molar-refractivity contribution in [3.05, 3.63) is 35.4 Å². The van der Waals surface area contributed by atoms with Gasteiger partial charge in [-0.25, -0.2) is 0 Å². The minimum Gasteiger partial charge on any atom is -0.373 e. The summed E-state index contributed by atoms with van der Waals surface area (Å²) in [6, 6.07) is 6.94. The van der Waals surface area contributed by atoms with E-state index in [2.05, 4.69) is 45.6 Å². The normalized spacial score (nSPS) is 29.4. The number of carbonyl (C=O) groups excluding carboxylic acids is 3. The zero-order valence-electron chi connectivity index (χ0n) is 29.3. The highest BCUT2D eigenvalue weighted by Gasteiger charge is 2.71. The second-order valence-electron chi connectivity index (χ2n) is 15.6. The molecule has 3 amide bonds. The zero-order chi connectivity index (χ0) is 33.1. The summed E-state index contributed by atoms with van der Waals surface area (Å²) in [5, 5.41) is 6.30. The van der Waals surface area contributed by atoms with E-state index in [-0.39, 0.29) is 35.3 Å². The summed E-state index contributed by atoms with van der Waals surface area (Å²) in [4.78, 5) is 43.5. The van der Waals surface area contributed by atoms with Crippen molar-refractivity contribution in [1.29, 1.82) is 0 Å². The van der Waals surface area contributed by atoms with Crippen LogP contribution in [0.2, 0.25) is 0 Å². The van der Waals surface area contributed by atoms with Crippen molar-refractivity contribution in [3.63, 3.8) is 0 Å². The highest BCUT2D eigenvalue weighted by molar-refractivity contribution is 6.00. The molecule has 262 valence electrons. The lowest BCUT2D eigenvalue weighted by molar-refractivity contribution is -0.132. The van der Waals surface area contributed by atoms with E-state index in [1.165, 1.54) is 62.5 Å². The average Bonchev–Trinajstić information content (AvgIpc) is 3.55. The maximum absolute atomic E-state index is 13.7. The monoisotopic (exact) mass is 658 g/mol. The number of unbranched alkanes of at least 4 members (excludes halogenated alkanes) is 11. The molecule has 8 nitrogen and oxygen atoms in total. The summed E-state index contributed by atoms with van der Waals surface area (Å²) >= 11 is 0. The Balaban J connectivity index is 0.838. The van der Waals surface area contributed by atoms with Gasteiger partial charge in [-0.15, -0.1) is 0 Å². The third-order valence-corrected chi connectivity index (χ3v) is 12.8. The van der Waals surface area contributed by atoms with Crippen molar-refractivity contribution in [1.82, 2.24) is 10.2 Å². The lowest BCUT2D eigenvalue weighted by atomic mass is 9.53. The molecule has 5 aliphatic heterocycles. The van der Waals surface area contributed by atoms with E-state index in [0.717, 1.165) is 76.0 Å². The van der Waals surface area contributed by atoms with E-state index in [1.54, 1.807) is 0 Å². The molecule has 2 N–H and O–H groups in total. The van der Waals surface area contributed by atoms with Crippen LogP contribution in [0.15, 0.2) is 29.8 Å². The van der Waals surface area contributed by atoms with Gasteiger partial charge in [-0.2, -0.15) is 0 Å². The van der Waals surface area contributed by atoms with Crippen molar-refractivity contribution in [2.45, 2.75) is 146 Å². The SMILES string of the molecule is CCCCCCCC(=O)NCCCCCCCCCCC(=O)Nc1ccc2c(c1)[C@@]13CCN4CC5=CCO[C@H]6CC(=O)N2[C@H]1[C@H]6[C@H]5C[C@H]43. The lowest BCUT2D eigenvalue weighted by Gasteiger charge is -2.58. The van der Waals surface area contributed by atoms with Gasteiger partial charge in [0, 0.05) is 54.7 Å². The van der Waals surface area contributed by atoms with E-state index >= 15 is 0 Å². The highest BCUT2D eigenvalue weighted by atomic mass is 16.5. The maximum atomic E-state index is 13.7. The van der Waals surface area contributed by atoms with Gasteiger partial charge >= 0.3 is 0 Å². The molecule has 1 saturated carbocycles. The Kier molecular flexibility index (Phi) is 10.6. The van der Waals surface area contributed by atoms with Crippen LogP contribution in [-0.4, -0.2) is 67.1 Å². The summed E-state index contributed by atoms with van der Waals surface area (Å²) in [6.45, 7) is 5.75. The quantitative estimate of drug-likeness (QED) is 0.131. The Morgan fingerprint density at radius 2 is 1.67 bits per heavy atom. The molecule has 0 radical (unpaired) electrons. The van der Waals surface area contributed by atoms with Crippen LogP contribution in [0, 0.1) is 11.8 Å². The van der Waals surface area contributed by atoms with Crippen LogP contribution in [0.4, 0.5) is 11.4 Å². The molecule has 1 aliphatic carbocycles. The number of rotatable bonds is 18. The molecule has 1 spiro atoms. The maximum Gasteiger partial charge on any atom is 0.229 e. The number of fused-ring (bicyclic) bond motifs is 2. The Hall–Kier alpha value is -2.71. The molecule has 5 heterocycles. The van der Waals surface area contributed by atoms with E-state index in [9.17, 15) is 14.4 Å². The van der Waals surface area contributed by atoms with Crippen molar-refractivity contribution in [2.75, 3.05) is 36.5 Å². The first-order valence-electron chi connectivity index (χ1n) is 19.6. The number of piperidine rings is 2. The van der Waals surface area contributed by atoms with Crippen LogP contribution in [-0.2, 0) is 24.5 Å². The first-order valence-corrected chi connectivity index (χ1v) is 19.6. The third kappa shape index (κ3) is 6.48. The van der Waals surface area contributed by atoms with Gasteiger partial charge in [0.25, 0.3) is 0 Å². The number of ether oxygens (including phenoxy) is 1. The van der Waals surface area contributed by atoms with Gasteiger partial charge in [0.15, 0.2) is 0 Å². The molecule has 1 aromatic carbocycles. The molecular weight excluding hydrogens is 600 g/mol. The number of benzene rings is 1. The first kappa shape index (κ1) is 33.8. The topological polar surface area (TPSA) is 91.0 Å². The smallest absolute Gasteiger partial charge is 0.229 e. The highest BCUT2D eigenvalue weighted by Crippen LogP contribution is 2.66. The fourth-order valence-corrected chi connectivity index (χ4v) is 10.5. The fraction of sp³-hybridized carbons (Fsp3) is 0.725. The molecule has 7 rings (SSSR count). The second-order valence-corrected chi connectivity index (χ2v) is 15.6. The third-order valence-electron chi connectivity index (χ3n) is 12.8. The molecule has 3 saturated heterocycles. The summed E-state index contributed by atoms with van der Waals surface area (Å²) in [5.41, 5.74) is 4.68. The molecule has 0 aromatic heterocycles. The number of anilines is 2. The van der Waals surface area contributed by atoms with Gasteiger partial charge in [0.05, 0.1) is 25.2 Å². The van der Waals surface area contributed by atoms with Gasteiger partial charge in [0.1, 0.15) is 0 Å². The second kappa shape index (κ2) is 15.0. The molecule has 2 bridgehead atoms. The zero-order valence-corrected chi connectivity index (χ0v) is 29.3. The largest absolute Gasteiger partial charge is 0.373 e. The number of carbonyl (C=O) groups is 3. The van der Waals surface area contributed by atoms with Crippen LogP contribution in [0.25, 0.3) is 0 Å². The number of nitrogens with zero attached hydrogens (tertiary/aromatic N) is 2. The number of hydrogen-bond donors (Lipinski definition) is 2. The van der Waals surface area contributed by atoms with E-state index in [0.29, 0.717) is 43.7 Å². The van der Waals surface area contributed by atoms with Crippen molar-refractivity contribution >= 4 is 29.1 Å².